The first-order chi connectivity index (χ1) is 8.91. The Hall–Kier alpha value is -0.910. The van der Waals surface area contributed by atoms with E-state index in [-0.39, 0.29) is 12.6 Å². The second-order valence-electron chi connectivity index (χ2n) is 5.14. The van der Waals surface area contributed by atoms with Crippen LogP contribution >= 0.6 is 0 Å². The fraction of sp³-hybridized carbons (Fsp3) is 0.571. The second kappa shape index (κ2) is 5.23. The standard InChI is InChI=1S/C14H21NO3S/c1-4-15(13-5-6-13)19(17,18)14-8-12(9-16)10(2)7-11(14)3/h7-8,13,16H,4-6,9H2,1-3H3. The van der Waals surface area contributed by atoms with E-state index in [0.29, 0.717) is 17.0 Å². The van der Waals surface area contributed by atoms with Gasteiger partial charge >= 0.3 is 0 Å². The normalized spacial score (nSPS) is 16.1. The summed E-state index contributed by atoms with van der Waals surface area (Å²) in [5.41, 5.74) is 2.35. The van der Waals surface area contributed by atoms with Gasteiger partial charge in [0.15, 0.2) is 0 Å². The summed E-state index contributed by atoms with van der Waals surface area (Å²) in [6.07, 6.45) is 1.90. The Bertz CT molecular complexity index is 577. The van der Waals surface area contributed by atoms with Crippen molar-refractivity contribution in [3.63, 3.8) is 0 Å². The highest BCUT2D eigenvalue weighted by molar-refractivity contribution is 7.89. The largest absolute Gasteiger partial charge is 0.392 e. The van der Waals surface area contributed by atoms with Gasteiger partial charge in [0.25, 0.3) is 0 Å². The van der Waals surface area contributed by atoms with Gasteiger partial charge in [0.2, 0.25) is 10.0 Å². The summed E-state index contributed by atoms with van der Waals surface area (Å²) < 4.78 is 27.0. The minimum Gasteiger partial charge on any atom is -0.392 e. The number of benzene rings is 1. The zero-order chi connectivity index (χ0) is 14.2. The fourth-order valence-corrected chi connectivity index (χ4v) is 4.39. The monoisotopic (exact) mass is 283 g/mol. The first kappa shape index (κ1) is 14.5. The Kier molecular flexibility index (Phi) is 3.99. The first-order valence-electron chi connectivity index (χ1n) is 6.64. The van der Waals surface area contributed by atoms with E-state index in [2.05, 4.69) is 0 Å². The van der Waals surface area contributed by atoms with Crippen LogP contribution in [0.5, 0.6) is 0 Å². The smallest absolute Gasteiger partial charge is 0.243 e. The molecule has 4 nitrogen and oxygen atoms in total. The van der Waals surface area contributed by atoms with Crippen molar-refractivity contribution in [1.82, 2.24) is 4.31 Å². The molecule has 0 aliphatic heterocycles. The molecular formula is C14H21NO3S. The number of aliphatic hydroxyl groups is 1. The lowest BCUT2D eigenvalue weighted by Crippen LogP contribution is -2.33. The van der Waals surface area contributed by atoms with Crippen LogP contribution < -0.4 is 0 Å². The van der Waals surface area contributed by atoms with E-state index in [1.807, 2.05) is 26.8 Å². The fourth-order valence-electron chi connectivity index (χ4n) is 2.44. The summed E-state index contributed by atoms with van der Waals surface area (Å²) in [5, 5.41) is 9.31. The van der Waals surface area contributed by atoms with E-state index in [1.54, 1.807) is 10.4 Å². The molecule has 1 aliphatic carbocycles. The molecular weight excluding hydrogens is 262 g/mol. The predicted octanol–water partition coefficient (Wildman–Crippen LogP) is 1.97. The maximum absolute atomic E-state index is 12.7. The van der Waals surface area contributed by atoms with Crippen LogP contribution in [0.1, 0.15) is 36.5 Å². The third-order valence-electron chi connectivity index (χ3n) is 3.66. The van der Waals surface area contributed by atoms with Gasteiger partial charge in [-0.1, -0.05) is 13.0 Å². The summed E-state index contributed by atoms with van der Waals surface area (Å²) in [6, 6.07) is 3.61. The van der Waals surface area contributed by atoms with Crippen LogP contribution in [0.15, 0.2) is 17.0 Å². The number of nitrogens with zero attached hydrogens (tertiary/aromatic N) is 1. The first-order valence-corrected chi connectivity index (χ1v) is 8.08. The third-order valence-corrected chi connectivity index (χ3v) is 5.83. The molecule has 1 N–H and O–H groups in total. The van der Waals surface area contributed by atoms with Gasteiger partial charge in [-0.05, 0) is 49.4 Å². The molecule has 0 unspecified atom stereocenters. The molecule has 0 radical (unpaired) electrons. The van der Waals surface area contributed by atoms with Crippen LogP contribution in [0.25, 0.3) is 0 Å². The number of rotatable bonds is 5. The molecule has 1 saturated carbocycles. The molecule has 5 heteroatoms. The number of hydrogen-bond acceptors (Lipinski definition) is 3. The Balaban J connectivity index is 2.50. The molecule has 106 valence electrons. The van der Waals surface area contributed by atoms with Gasteiger partial charge in [-0.3, -0.25) is 0 Å². The quantitative estimate of drug-likeness (QED) is 0.899. The lowest BCUT2D eigenvalue weighted by Gasteiger charge is -2.22. The highest BCUT2D eigenvalue weighted by atomic mass is 32.2. The van der Waals surface area contributed by atoms with Crippen molar-refractivity contribution < 1.29 is 13.5 Å². The summed E-state index contributed by atoms with van der Waals surface area (Å²) in [7, 11) is -3.45. The summed E-state index contributed by atoms with van der Waals surface area (Å²) in [5.74, 6) is 0. The molecule has 0 spiro atoms. The van der Waals surface area contributed by atoms with Crippen molar-refractivity contribution in [2.75, 3.05) is 6.54 Å². The molecule has 1 aromatic rings. The number of aryl methyl sites for hydroxylation is 2. The Morgan fingerprint density at radius 2 is 1.89 bits per heavy atom. The number of hydrogen-bond donors (Lipinski definition) is 1. The predicted molar refractivity (Wildman–Crippen MR) is 74.4 cm³/mol. The average molecular weight is 283 g/mol. The SMILES string of the molecule is CCN(C1CC1)S(=O)(=O)c1cc(CO)c(C)cc1C. The van der Waals surface area contributed by atoms with Gasteiger partial charge in [-0.25, -0.2) is 8.42 Å². The van der Waals surface area contributed by atoms with Gasteiger partial charge in [-0.15, -0.1) is 0 Å². The zero-order valence-corrected chi connectivity index (χ0v) is 12.5. The average Bonchev–Trinajstić information content (AvgIpc) is 3.13. The Morgan fingerprint density at radius 3 is 2.37 bits per heavy atom. The number of aliphatic hydroxyl groups excluding tert-OH is 1. The molecule has 1 aromatic carbocycles. The molecule has 0 saturated heterocycles. The van der Waals surface area contributed by atoms with Crippen LogP contribution in [0.3, 0.4) is 0 Å². The van der Waals surface area contributed by atoms with Gasteiger partial charge in [-0.2, -0.15) is 4.31 Å². The van der Waals surface area contributed by atoms with Crippen LogP contribution in [-0.2, 0) is 16.6 Å². The molecule has 1 aliphatic rings. The summed E-state index contributed by atoms with van der Waals surface area (Å²) >= 11 is 0. The van der Waals surface area contributed by atoms with E-state index >= 15 is 0 Å². The van der Waals surface area contributed by atoms with Crippen molar-refractivity contribution in [3.05, 3.63) is 28.8 Å². The Labute approximate surface area is 115 Å². The van der Waals surface area contributed by atoms with Crippen molar-refractivity contribution in [3.8, 4) is 0 Å². The maximum Gasteiger partial charge on any atom is 0.243 e. The highest BCUT2D eigenvalue weighted by Crippen LogP contribution is 2.33. The van der Waals surface area contributed by atoms with Crippen LogP contribution in [-0.4, -0.2) is 30.4 Å². The molecule has 0 atom stereocenters. The lowest BCUT2D eigenvalue weighted by atomic mass is 10.1. The van der Waals surface area contributed by atoms with Crippen molar-refractivity contribution in [2.24, 2.45) is 0 Å². The third kappa shape index (κ3) is 2.68. The lowest BCUT2D eigenvalue weighted by molar-refractivity contribution is 0.280. The van der Waals surface area contributed by atoms with Crippen molar-refractivity contribution in [2.45, 2.75) is 51.2 Å². The van der Waals surface area contributed by atoms with Crippen LogP contribution in [0, 0.1) is 13.8 Å². The Morgan fingerprint density at radius 1 is 1.26 bits per heavy atom. The van der Waals surface area contributed by atoms with Crippen LogP contribution in [0.2, 0.25) is 0 Å². The van der Waals surface area contributed by atoms with E-state index in [1.165, 1.54) is 0 Å². The van der Waals surface area contributed by atoms with Gasteiger partial charge in [0.1, 0.15) is 0 Å². The molecule has 2 rings (SSSR count). The summed E-state index contributed by atoms with van der Waals surface area (Å²) in [6.45, 7) is 5.92. The van der Waals surface area contributed by atoms with Gasteiger partial charge in [0.05, 0.1) is 11.5 Å². The molecule has 0 heterocycles. The van der Waals surface area contributed by atoms with Gasteiger partial charge < -0.3 is 5.11 Å². The maximum atomic E-state index is 12.7. The molecule has 0 bridgehead atoms. The minimum atomic E-state index is -3.45. The molecule has 1 fully saturated rings. The van der Waals surface area contributed by atoms with Crippen LogP contribution in [0.4, 0.5) is 0 Å². The van der Waals surface area contributed by atoms with E-state index in [4.69, 9.17) is 0 Å². The van der Waals surface area contributed by atoms with Crippen molar-refractivity contribution in [1.29, 1.82) is 0 Å². The topological polar surface area (TPSA) is 57.6 Å². The van der Waals surface area contributed by atoms with E-state index in [9.17, 15) is 13.5 Å². The molecule has 0 aromatic heterocycles. The minimum absolute atomic E-state index is 0.135. The summed E-state index contributed by atoms with van der Waals surface area (Å²) in [4.78, 5) is 0.330. The zero-order valence-electron chi connectivity index (χ0n) is 11.7. The molecule has 0 amide bonds. The second-order valence-corrected chi connectivity index (χ2v) is 7.00. The van der Waals surface area contributed by atoms with Gasteiger partial charge in [0, 0.05) is 12.6 Å². The van der Waals surface area contributed by atoms with E-state index < -0.39 is 10.0 Å². The van der Waals surface area contributed by atoms with E-state index in [0.717, 1.165) is 24.0 Å². The van der Waals surface area contributed by atoms with Crippen molar-refractivity contribution >= 4 is 10.0 Å². The highest BCUT2D eigenvalue weighted by Gasteiger charge is 2.37. The molecule has 19 heavy (non-hydrogen) atoms. The number of sulfonamides is 1.